The smallest absolute Gasteiger partial charge is 0.212 e. The largest absolute Gasteiger partial charge is 0.294 e. The van der Waals surface area contributed by atoms with Crippen molar-refractivity contribution in [2.75, 3.05) is 24.6 Å². The first-order valence-electron chi connectivity index (χ1n) is 19.1. The van der Waals surface area contributed by atoms with Gasteiger partial charge in [-0.15, -0.1) is 0 Å². The highest BCUT2D eigenvalue weighted by atomic mass is 79.9. The molecule has 8 unspecified atom stereocenters. The predicted molar refractivity (Wildman–Crippen MR) is 208 cm³/mol. The molecule has 5 aliphatic carbocycles. The summed E-state index contributed by atoms with van der Waals surface area (Å²) in [7, 11) is -7.30. The number of ketones is 2. The molecule has 0 spiro atoms. The van der Waals surface area contributed by atoms with Crippen molar-refractivity contribution in [1.29, 1.82) is 0 Å². The van der Waals surface area contributed by atoms with Crippen LogP contribution in [0.5, 0.6) is 0 Å². The third-order valence-electron chi connectivity index (χ3n) is 14.4. The number of nitrogens with one attached hydrogen (secondary N) is 2. The van der Waals surface area contributed by atoms with E-state index in [-0.39, 0.29) is 45.2 Å². The number of hydrogen-bond acceptors (Lipinski definition) is 6. The van der Waals surface area contributed by atoms with E-state index in [9.17, 15) is 26.4 Å². The second-order valence-electron chi connectivity index (χ2n) is 17.1. The molecule has 5 aliphatic rings. The van der Waals surface area contributed by atoms with E-state index in [0.29, 0.717) is 43.3 Å². The molecule has 11 heteroatoms. The molecule has 1 aromatic rings. The van der Waals surface area contributed by atoms with Gasteiger partial charge in [-0.3, -0.25) is 9.59 Å². The number of Topliss-reactive ketones (excluding diaryl/α,β-unsaturated/α-hetero) is 2. The zero-order chi connectivity index (χ0) is 37.2. The Kier molecular flexibility index (Phi) is 10.6. The van der Waals surface area contributed by atoms with E-state index < -0.39 is 36.3 Å². The number of allylic oxidation sites excluding steroid dienone is 2. The average Bonchev–Trinajstić information content (AvgIpc) is 3.38. The Hall–Kier alpha value is -1.66. The van der Waals surface area contributed by atoms with Crippen molar-refractivity contribution < 1.29 is 26.4 Å². The number of halogens is 1. The molecular formula is C40H57BrN2O6S2. The lowest BCUT2D eigenvalue weighted by molar-refractivity contribution is -0.196. The Morgan fingerprint density at radius 2 is 1.37 bits per heavy atom. The van der Waals surface area contributed by atoms with Crippen LogP contribution in [-0.4, -0.2) is 57.8 Å². The zero-order valence-corrected chi connectivity index (χ0v) is 34.4. The standard InChI is InChI=1S/C40H57BrN2O6S2/c1-7-10-11-26(8-2)22-42-50(46,47)24-39-17-16-33(37(39,4)5)31(35(39)44)18-27-12-14-28(15-13-27)19-32-34-20-29-21-40(36(32)45,38(29,34)6)25-51(48,49)43-23-30(41)9-3/h12-15,18-19,26,29-30,33-34,42-43H,7-11,16-17,20-25H2,1-6H3/b31-18+,32-19+. The van der Waals surface area contributed by atoms with E-state index in [2.05, 4.69) is 60.0 Å². The molecule has 0 amide bonds. The van der Waals surface area contributed by atoms with Crippen LogP contribution in [0.1, 0.15) is 110 Å². The third kappa shape index (κ3) is 6.40. The molecule has 282 valence electrons. The van der Waals surface area contributed by atoms with Crippen molar-refractivity contribution in [2.24, 2.45) is 45.3 Å². The number of carbonyl (C=O) groups excluding carboxylic acids is 2. The maximum atomic E-state index is 14.2. The summed E-state index contributed by atoms with van der Waals surface area (Å²) in [6, 6.07) is 7.80. The van der Waals surface area contributed by atoms with Gasteiger partial charge in [0.25, 0.3) is 0 Å². The van der Waals surface area contributed by atoms with Gasteiger partial charge in [0.2, 0.25) is 20.0 Å². The Labute approximate surface area is 314 Å². The summed E-state index contributed by atoms with van der Waals surface area (Å²) in [4.78, 5) is 28.3. The highest BCUT2D eigenvalue weighted by Gasteiger charge is 2.80. The number of alkyl halides is 1. The van der Waals surface area contributed by atoms with Crippen LogP contribution in [0.2, 0.25) is 0 Å². The zero-order valence-electron chi connectivity index (χ0n) is 31.2. The number of carbonyl (C=O) groups is 2. The Morgan fingerprint density at radius 3 is 1.92 bits per heavy atom. The number of unbranched alkanes of at least 4 members (excludes halogenated alkanes) is 1. The monoisotopic (exact) mass is 804 g/mol. The SMILES string of the molecule is CCCCC(CC)CNS(=O)(=O)CC12CCC(/C(=C\c3ccc(/C=C4/C(=O)C5(CS(=O)(=O)NCC(Br)CC)CC6CC4C65C)cc3)C1=O)C2(C)C. The second kappa shape index (κ2) is 13.9. The van der Waals surface area contributed by atoms with Gasteiger partial charge >= 0.3 is 0 Å². The molecule has 5 fully saturated rings. The van der Waals surface area contributed by atoms with Gasteiger partial charge in [-0.1, -0.05) is 101 Å². The first-order valence-corrected chi connectivity index (χ1v) is 23.3. The van der Waals surface area contributed by atoms with Gasteiger partial charge in [-0.05, 0) is 96.3 Å². The molecule has 6 rings (SSSR count). The molecule has 5 saturated carbocycles. The van der Waals surface area contributed by atoms with E-state index in [1.165, 1.54) is 0 Å². The number of sulfonamides is 2. The number of fused-ring (bicyclic) bond motifs is 2. The molecule has 51 heavy (non-hydrogen) atoms. The summed E-state index contributed by atoms with van der Waals surface area (Å²) in [6.07, 6.45) is 11.6. The van der Waals surface area contributed by atoms with Crippen LogP contribution >= 0.6 is 15.9 Å². The Bertz CT molecular complexity index is 1840. The molecule has 0 aromatic heterocycles. The lowest BCUT2D eigenvalue weighted by Gasteiger charge is -2.67. The van der Waals surface area contributed by atoms with Crippen molar-refractivity contribution in [1.82, 2.24) is 9.44 Å². The van der Waals surface area contributed by atoms with Gasteiger partial charge < -0.3 is 0 Å². The summed E-state index contributed by atoms with van der Waals surface area (Å²) in [6.45, 7) is 13.2. The van der Waals surface area contributed by atoms with Gasteiger partial charge in [0, 0.05) is 29.1 Å². The number of hydrogen-bond donors (Lipinski definition) is 2. The fraction of sp³-hybridized carbons (Fsp3) is 0.700. The molecule has 8 atom stereocenters. The second-order valence-corrected chi connectivity index (χ2v) is 22.0. The predicted octanol–water partition coefficient (Wildman–Crippen LogP) is 7.30. The molecule has 0 radical (unpaired) electrons. The van der Waals surface area contributed by atoms with E-state index in [1.807, 2.05) is 43.3 Å². The topological polar surface area (TPSA) is 126 Å². The van der Waals surface area contributed by atoms with Crippen LogP contribution in [0.15, 0.2) is 35.4 Å². The van der Waals surface area contributed by atoms with Crippen LogP contribution in [0.4, 0.5) is 0 Å². The normalized spacial score (nSPS) is 34.8. The van der Waals surface area contributed by atoms with E-state index in [4.69, 9.17) is 0 Å². The van der Waals surface area contributed by atoms with Crippen molar-refractivity contribution in [3.63, 3.8) is 0 Å². The highest BCUT2D eigenvalue weighted by molar-refractivity contribution is 9.09. The Balaban J connectivity index is 1.18. The number of rotatable bonds is 17. The van der Waals surface area contributed by atoms with Crippen LogP contribution in [0, 0.1) is 45.3 Å². The maximum Gasteiger partial charge on any atom is 0.212 e. The minimum Gasteiger partial charge on any atom is -0.294 e. The van der Waals surface area contributed by atoms with E-state index in [1.54, 1.807) is 0 Å². The van der Waals surface area contributed by atoms with Gasteiger partial charge in [0.1, 0.15) is 0 Å². The molecular weight excluding hydrogens is 748 g/mol. The summed E-state index contributed by atoms with van der Waals surface area (Å²) in [5.74, 6) is 0.286. The Morgan fingerprint density at radius 1 is 0.824 bits per heavy atom. The van der Waals surface area contributed by atoms with Gasteiger partial charge in [0.05, 0.1) is 22.3 Å². The fourth-order valence-electron chi connectivity index (χ4n) is 10.7. The quantitative estimate of drug-likeness (QED) is 0.126. The summed E-state index contributed by atoms with van der Waals surface area (Å²) in [5, 5.41) is 0. The fourth-order valence-corrected chi connectivity index (χ4v) is 14.8. The van der Waals surface area contributed by atoms with Crippen molar-refractivity contribution >= 4 is 59.7 Å². The van der Waals surface area contributed by atoms with E-state index in [0.717, 1.165) is 61.6 Å². The lowest BCUT2D eigenvalue weighted by Crippen LogP contribution is -2.67. The minimum atomic E-state index is -3.66. The van der Waals surface area contributed by atoms with Gasteiger partial charge in [0.15, 0.2) is 11.6 Å². The van der Waals surface area contributed by atoms with Crippen molar-refractivity contribution in [3.05, 3.63) is 46.5 Å². The molecule has 0 saturated heterocycles. The maximum absolute atomic E-state index is 14.2. The van der Waals surface area contributed by atoms with Crippen LogP contribution in [0.25, 0.3) is 12.2 Å². The molecule has 1 aromatic carbocycles. The molecule has 2 bridgehead atoms. The summed E-state index contributed by atoms with van der Waals surface area (Å²) in [5.41, 5.74) is 0.538. The van der Waals surface area contributed by atoms with Crippen LogP contribution in [0.3, 0.4) is 0 Å². The van der Waals surface area contributed by atoms with E-state index >= 15 is 0 Å². The molecule has 0 aliphatic heterocycles. The first kappa shape index (κ1) is 39.0. The number of benzene rings is 1. The van der Waals surface area contributed by atoms with Crippen LogP contribution in [-0.2, 0) is 29.6 Å². The van der Waals surface area contributed by atoms with Gasteiger partial charge in [-0.25, -0.2) is 26.3 Å². The van der Waals surface area contributed by atoms with Crippen molar-refractivity contribution in [2.45, 2.75) is 104 Å². The summed E-state index contributed by atoms with van der Waals surface area (Å²) >= 11 is 3.49. The molecule has 2 N–H and O–H groups in total. The lowest BCUT2D eigenvalue weighted by atomic mass is 9.36. The van der Waals surface area contributed by atoms with Crippen LogP contribution < -0.4 is 9.44 Å². The van der Waals surface area contributed by atoms with Crippen molar-refractivity contribution in [3.8, 4) is 0 Å². The first-order chi connectivity index (χ1) is 23.9. The van der Waals surface area contributed by atoms with Gasteiger partial charge in [-0.2, -0.15) is 0 Å². The highest BCUT2D eigenvalue weighted by Crippen LogP contribution is 2.80. The molecule has 8 nitrogen and oxygen atoms in total. The average molecular weight is 806 g/mol. The third-order valence-corrected chi connectivity index (χ3v) is 18.3. The molecule has 0 heterocycles. The summed E-state index contributed by atoms with van der Waals surface area (Å²) < 4.78 is 58.9. The minimum absolute atomic E-state index is 0.0156.